The van der Waals surface area contributed by atoms with Crippen LogP contribution in [-0.4, -0.2) is 31.6 Å². The first-order chi connectivity index (χ1) is 14.0. The molecule has 3 aromatic rings. The Morgan fingerprint density at radius 3 is 2.62 bits per heavy atom. The smallest absolute Gasteiger partial charge is 0.293 e. The molecule has 2 aromatic carbocycles. The van der Waals surface area contributed by atoms with Gasteiger partial charge in [0.1, 0.15) is 18.3 Å². The number of amides is 1. The number of nitrogens with zero attached hydrogens (tertiary/aromatic N) is 4. The molecule has 1 aliphatic rings. The van der Waals surface area contributed by atoms with Crippen molar-refractivity contribution in [2.24, 2.45) is 0 Å². The fourth-order valence-corrected chi connectivity index (χ4v) is 3.02. The molecule has 1 heterocycles. The molecule has 2 N–H and O–H groups in total. The zero-order valence-electron chi connectivity index (χ0n) is 15.8. The molecule has 0 radical (unpaired) electrons. The third-order valence-electron chi connectivity index (χ3n) is 4.82. The molecule has 0 aliphatic heterocycles. The van der Waals surface area contributed by atoms with Gasteiger partial charge >= 0.3 is 0 Å². The van der Waals surface area contributed by atoms with Gasteiger partial charge in [0.2, 0.25) is 0 Å². The number of hydrogen-bond acceptors (Lipinski definition) is 6. The first kappa shape index (κ1) is 18.6. The van der Waals surface area contributed by atoms with Gasteiger partial charge in [-0.2, -0.15) is 5.10 Å². The molecule has 29 heavy (non-hydrogen) atoms. The molecule has 1 unspecified atom stereocenters. The largest absolute Gasteiger partial charge is 0.373 e. The number of carbonyl (C=O) groups excluding carboxylic acids is 1. The predicted octanol–water partition coefficient (Wildman–Crippen LogP) is 3.24. The maximum atomic E-state index is 12.2. The van der Waals surface area contributed by atoms with Crippen molar-refractivity contribution in [3.63, 3.8) is 0 Å². The molecule has 1 atom stereocenters. The zero-order valence-corrected chi connectivity index (χ0v) is 15.8. The van der Waals surface area contributed by atoms with E-state index in [2.05, 4.69) is 20.7 Å². The molecule has 0 bridgehead atoms. The third kappa shape index (κ3) is 4.23. The van der Waals surface area contributed by atoms with Gasteiger partial charge in [0.25, 0.3) is 11.6 Å². The number of anilines is 1. The molecule has 148 valence electrons. The van der Waals surface area contributed by atoms with Gasteiger partial charge in [-0.15, -0.1) is 0 Å². The number of rotatable bonds is 7. The van der Waals surface area contributed by atoms with Gasteiger partial charge < -0.3 is 10.6 Å². The van der Waals surface area contributed by atoms with E-state index in [-0.39, 0.29) is 23.7 Å². The van der Waals surface area contributed by atoms with E-state index in [9.17, 15) is 14.9 Å². The summed E-state index contributed by atoms with van der Waals surface area (Å²) in [6.07, 6.45) is 4.99. The van der Waals surface area contributed by atoms with Gasteiger partial charge in [-0.1, -0.05) is 12.1 Å². The number of nitrogens with one attached hydrogen (secondary N) is 2. The van der Waals surface area contributed by atoms with Crippen molar-refractivity contribution in [2.75, 3.05) is 5.32 Å². The van der Waals surface area contributed by atoms with Gasteiger partial charge in [0, 0.05) is 23.7 Å². The average Bonchev–Trinajstić information content (AvgIpc) is 3.36. The lowest BCUT2D eigenvalue weighted by atomic mass is 10.1. The number of nitro groups is 1. The molecule has 4 rings (SSSR count). The molecule has 1 aliphatic carbocycles. The summed E-state index contributed by atoms with van der Waals surface area (Å²) in [7, 11) is 0. The third-order valence-corrected chi connectivity index (χ3v) is 4.82. The Morgan fingerprint density at radius 2 is 2.00 bits per heavy atom. The van der Waals surface area contributed by atoms with Crippen molar-refractivity contribution in [1.29, 1.82) is 0 Å². The summed E-state index contributed by atoms with van der Waals surface area (Å²) in [6, 6.07) is 12.2. The van der Waals surface area contributed by atoms with Crippen molar-refractivity contribution in [3.8, 4) is 5.69 Å². The van der Waals surface area contributed by atoms with Gasteiger partial charge in [-0.05, 0) is 49.6 Å². The summed E-state index contributed by atoms with van der Waals surface area (Å²) in [5, 5.41) is 21.6. The summed E-state index contributed by atoms with van der Waals surface area (Å²) in [6.45, 7) is 1.92. The zero-order chi connectivity index (χ0) is 20.4. The van der Waals surface area contributed by atoms with Gasteiger partial charge in [0.15, 0.2) is 0 Å². The van der Waals surface area contributed by atoms with E-state index in [0.29, 0.717) is 11.3 Å². The monoisotopic (exact) mass is 392 g/mol. The SMILES string of the molecule is CC(Nc1ccc(C(=O)NC2CC2)cc1[N+](=O)[O-])c1ccc(-n2cncn2)cc1. The maximum Gasteiger partial charge on any atom is 0.293 e. The Bertz CT molecular complexity index is 1030. The molecule has 0 spiro atoms. The number of aromatic nitrogens is 3. The average molecular weight is 392 g/mol. The van der Waals surface area contributed by atoms with Gasteiger partial charge in [-0.25, -0.2) is 9.67 Å². The van der Waals surface area contributed by atoms with Crippen LogP contribution < -0.4 is 10.6 Å². The van der Waals surface area contributed by atoms with Crippen molar-refractivity contribution >= 4 is 17.3 Å². The highest BCUT2D eigenvalue weighted by atomic mass is 16.6. The molecule has 1 aromatic heterocycles. The summed E-state index contributed by atoms with van der Waals surface area (Å²) in [5.41, 5.74) is 2.36. The molecule has 0 saturated heterocycles. The van der Waals surface area contributed by atoms with Gasteiger partial charge in [-0.3, -0.25) is 14.9 Å². The minimum absolute atomic E-state index is 0.125. The van der Waals surface area contributed by atoms with E-state index in [1.54, 1.807) is 23.1 Å². The van der Waals surface area contributed by atoms with Crippen LogP contribution in [0.15, 0.2) is 55.1 Å². The summed E-state index contributed by atoms with van der Waals surface area (Å²) >= 11 is 0. The second kappa shape index (κ2) is 7.70. The van der Waals surface area contributed by atoms with E-state index in [4.69, 9.17) is 0 Å². The first-order valence-electron chi connectivity index (χ1n) is 9.32. The molecule has 9 heteroatoms. The number of benzene rings is 2. The van der Waals surface area contributed by atoms with Crippen LogP contribution in [0.5, 0.6) is 0 Å². The second-order valence-electron chi connectivity index (χ2n) is 7.03. The Kier molecular flexibility index (Phi) is 4.94. The van der Waals surface area contributed by atoms with Crippen molar-refractivity contribution in [2.45, 2.75) is 31.8 Å². The van der Waals surface area contributed by atoms with Crippen LogP contribution >= 0.6 is 0 Å². The highest BCUT2D eigenvalue weighted by Gasteiger charge is 2.25. The van der Waals surface area contributed by atoms with Crippen LogP contribution in [0.1, 0.15) is 41.7 Å². The van der Waals surface area contributed by atoms with Crippen molar-refractivity contribution < 1.29 is 9.72 Å². The lowest BCUT2D eigenvalue weighted by molar-refractivity contribution is -0.384. The fourth-order valence-electron chi connectivity index (χ4n) is 3.02. The standard InChI is InChI=1S/C20H20N6O3/c1-13(14-2-7-17(8-3-14)25-12-21-11-22-25)23-18-9-4-15(10-19(18)26(28)29)20(27)24-16-5-6-16/h2-4,7-13,16,23H,5-6H2,1H3,(H,24,27). The van der Waals surface area contributed by atoms with Crippen LogP contribution in [0.25, 0.3) is 5.69 Å². The molecule has 1 amide bonds. The minimum Gasteiger partial charge on any atom is -0.373 e. The van der Waals surface area contributed by atoms with E-state index in [0.717, 1.165) is 24.1 Å². The highest BCUT2D eigenvalue weighted by Crippen LogP contribution is 2.30. The van der Waals surface area contributed by atoms with E-state index >= 15 is 0 Å². The number of nitro benzene ring substituents is 1. The number of carbonyl (C=O) groups is 1. The lowest BCUT2D eigenvalue weighted by Gasteiger charge is -2.16. The summed E-state index contributed by atoms with van der Waals surface area (Å²) in [5.74, 6) is -0.279. The van der Waals surface area contributed by atoms with Crippen LogP contribution in [0.2, 0.25) is 0 Å². The summed E-state index contributed by atoms with van der Waals surface area (Å²) in [4.78, 5) is 27.2. The second-order valence-corrected chi connectivity index (χ2v) is 7.03. The first-order valence-corrected chi connectivity index (χ1v) is 9.32. The Labute approximate surface area is 166 Å². The Morgan fingerprint density at radius 1 is 1.24 bits per heavy atom. The quantitative estimate of drug-likeness (QED) is 0.471. The molecule has 1 saturated carbocycles. The summed E-state index contributed by atoms with van der Waals surface area (Å²) < 4.78 is 1.65. The topological polar surface area (TPSA) is 115 Å². The highest BCUT2D eigenvalue weighted by molar-refractivity contribution is 5.96. The minimum atomic E-state index is -0.475. The van der Waals surface area contributed by atoms with Gasteiger partial charge in [0.05, 0.1) is 10.6 Å². The lowest BCUT2D eigenvalue weighted by Crippen LogP contribution is -2.25. The van der Waals surface area contributed by atoms with Crippen molar-refractivity contribution in [3.05, 3.63) is 76.4 Å². The van der Waals surface area contributed by atoms with Crippen LogP contribution in [0.3, 0.4) is 0 Å². The normalized spacial score (nSPS) is 14.2. The van der Waals surface area contributed by atoms with Crippen LogP contribution in [-0.2, 0) is 0 Å². The molecular weight excluding hydrogens is 372 g/mol. The maximum absolute atomic E-state index is 12.2. The van der Waals surface area contributed by atoms with Crippen LogP contribution in [0.4, 0.5) is 11.4 Å². The molecule has 9 nitrogen and oxygen atoms in total. The van der Waals surface area contributed by atoms with E-state index in [1.807, 2.05) is 31.2 Å². The Hall–Kier alpha value is -3.75. The van der Waals surface area contributed by atoms with Crippen molar-refractivity contribution in [1.82, 2.24) is 20.1 Å². The fraction of sp³-hybridized carbons (Fsp3) is 0.250. The Balaban J connectivity index is 1.51. The number of hydrogen-bond donors (Lipinski definition) is 2. The molecular formula is C20H20N6O3. The van der Waals surface area contributed by atoms with Crippen LogP contribution in [0, 0.1) is 10.1 Å². The van der Waals surface area contributed by atoms with E-state index in [1.165, 1.54) is 12.4 Å². The molecule has 1 fully saturated rings. The van der Waals surface area contributed by atoms with E-state index < -0.39 is 4.92 Å². The predicted molar refractivity (Wildman–Crippen MR) is 107 cm³/mol.